The van der Waals surface area contributed by atoms with Crippen molar-refractivity contribution in [3.63, 3.8) is 0 Å². The molecule has 0 spiro atoms. The molecule has 0 aliphatic rings. The van der Waals surface area contributed by atoms with E-state index in [0.717, 1.165) is 16.1 Å². The zero-order chi connectivity index (χ0) is 19.1. The molecule has 3 rings (SSSR count). The van der Waals surface area contributed by atoms with Crippen LogP contribution >= 0.6 is 11.3 Å². The number of rotatable bonds is 5. The van der Waals surface area contributed by atoms with Crippen LogP contribution in [0.4, 0.5) is 0 Å². The summed E-state index contributed by atoms with van der Waals surface area (Å²) in [5, 5.41) is 1.90. The number of hydrogen-bond acceptors (Lipinski definition) is 5. The minimum atomic E-state index is -3.87. The van der Waals surface area contributed by atoms with Gasteiger partial charge >= 0.3 is 0 Å². The van der Waals surface area contributed by atoms with Gasteiger partial charge in [-0.3, -0.25) is 14.6 Å². The van der Waals surface area contributed by atoms with Gasteiger partial charge in [-0.25, -0.2) is 13.4 Å². The van der Waals surface area contributed by atoms with Gasteiger partial charge < -0.3 is 0 Å². The van der Waals surface area contributed by atoms with E-state index in [1.165, 1.54) is 11.3 Å². The molecular formula is C17H20N4O3S2. The molecule has 0 saturated carbocycles. The Morgan fingerprint density at radius 3 is 2.46 bits per heavy atom. The lowest BCUT2D eigenvalue weighted by molar-refractivity contribution is -0.120. The lowest BCUT2D eigenvalue weighted by Gasteiger charge is -2.16. The minimum absolute atomic E-state index is 0.0122. The maximum atomic E-state index is 12.7. The zero-order valence-corrected chi connectivity index (χ0v) is 16.6. The van der Waals surface area contributed by atoms with Gasteiger partial charge in [-0.2, -0.15) is 0 Å². The molecule has 9 heteroatoms. The van der Waals surface area contributed by atoms with E-state index in [2.05, 4.69) is 15.2 Å². The number of amides is 1. The third-order valence-electron chi connectivity index (χ3n) is 4.38. The number of aryl methyl sites for hydroxylation is 2. The topological polar surface area (TPSA) is 92.6 Å². The molecule has 26 heavy (non-hydrogen) atoms. The second-order valence-corrected chi connectivity index (χ2v) is 8.74. The van der Waals surface area contributed by atoms with Crippen LogP contribution in [0.5, 0.6) is 0 Å². The fourth-order valence-corrected chi connectivity index (χ4v) is 5.03. The van der Waals surface area contributed by atoms with Crippen LogP contribution in [-0.4, -0.2) is 23.7 Å². The van der Waals surface area contributed by atoms with E-state index in [1.54, 1.807) is 20.0 Å². The Hall–Kier alpha value is -2.23. The molecule has 0 unspecified atom stereocenters. The molecule has 138 valence electrons. The molecule has 0 aliphatic heterocycles. The molecule has 1 aromatic carbocycles. The second-order valence-electron chi connectivity index (χ2n) is 6.25. The fraction of sp³-hybridized carbons (Fsp3) is 0.294. The molecular weight excluding hydrogens is 372 g/mol. The van der Waals surface area contributed by atoms with Gasteiger partial charge in [-0.05, 0) is 49.9 Å². The Morgan fingerprint density at radius 2 is 1.85 bits per heavy atom. The SMILES string of the molecule is Cc1cc(C)c(C)c(S(=O)(=O)NNC(=O)Cc2cn3ccsc3n2)c1C. The van der Waals surface area contributed by atoms with Gasteiger partial charge in [0.15, 0.2) is 4.96 Å². The number of hydrogen-bond donors (Lipinski definition) is 2. The van der Waals surface area contributed by atoms with Gasteiger partial charge in [0.05, 0.1) is 17.0 Å². The lowest BCUT2D eigenvalue weighted by atomic mass is 10.0. The normalized spacial score (nSPS) is 11.8. The quantitative estimate of drug-likeness (QED) is 0.651. The number of benzene rings is 1. The van der Waals surface area contributed by atoms with Gasteiger partial charge in [0.25, 0.3) is 10.0 Å². The summed E-state index contributed by atoms with van der Waals surface area (Å²) in [6.45, 7) is 7.25. The Morgan fingerprint density at radius 1 is 1.19 bits per heavy atom. The number of aromatic nitrogens is 2. The van der Waals surface area contributed by atoms with Crippen LogP contribution in [0.3, 0.4) is 0 Å². The summed E-state index contributed by atoms with van der Waals surface area (Å²) in [6.07, 6.45) is 3.59. The maximum absolute atomic E-state index is 12.7. The number of fused-ring (bicyclic) bond motifs is 1. The van der Waals surface area contributed by atoms with Gasteiger partial charge in [-0.15, -0.1) is 16.2 Å². The number of nitrogens with one attached hydrogen (secondary N) is 2. The van der Waals surface area contributed by atoms with Crippen molar-refractivity contribution >= 4 is 32.2 Å². The van der Waals surface area contributed by atoms with Crippen LogP contribution < -0.4 is 10.3 Å². The number of nitrogens with zero attached hydrogens (tertiary/aromatic N) is 2. The average molecular weight is 393 g/mol. The predicted molar refractivity (Wildman–Crippen MR) is 101 cm³/mol. The van der Waals surface area contributed by atoms with Crippen molar-refractivity contribution in [2.24, 2.45) is 0 Å². The van der Waals surface area contributed by atoms with Crippen LogP contribution in [0.1, 0.15) is 27.9 Å². The van der Waals surface area contributed by atoms with Crippen LogP contribution in [0.2, 0.25) is 0 Å². The van der Waals surface area contributed by atoms with Crippen LogP contribution in [0.25, 0.3) is 4.96 Å². The third-order valence-corrected chi connectivity index (χ3v) is 6.67. The summed E-state index contributed by atoms with van der Waals surface area (Å²) < 4.78 is 27.2. The first-order valence-corrected chi connectivity index (χ1v) is 10.3. The first-order valence-electron chi connectivity index (χ1n) is 7.98. The standard InChI is InChI=1S/C17H20N4O3S2/c1-10-7-11(2)13(4)16(12(10)3)26(23,24)20-19-15(22)8-14-9-21-5-6-25-17(21)18-14/h5-7,9,20H,8H2,1-4H3,(H,19,22). The average Bonchev–Trinajstić information content (AvgIpc) is 3.12. The highest BCUT2D eigenvalue weighted by atomic mass is 32.2. The van der Waals surface area contributed by atoms with Gasteiger partial charge in [0.2, 0.25) is 5.91 Å². The maximum Gasteiger partial charge on any atom is 0.257 e. The van der Waals surface area contributed by atoms with E-state index in [1.807, 2.05) is 35.9 Å². The fourth-order valence-electron chi connectivity index (χ4n) is 2.83. The Kier molecular flexibility index (Phi) is 4.87. The highest BCUT2D eigenvalue weighted by Gasteiger charge is 2.22. The summed E-state index contributed by atoms with van der Waals surface area (Å²) in [5.41, 5.74) is 5.97. The summed E-state index contributed by atoms with van der Waals surface area (Å²) in [7, 11) is -3.87. The number of carbonyl (C=O) groups excluding carboxylic acids is 1. The molecule has 7 nitrogen and oxygen atoms in total. The lowest BCUT2D eigenvalue weighted by Crippen LogP contribution is -2.42. The van der Waals surface area contributed by atoms with Crippen molar-refractivity contribution in [1.29, 1.82) is 0 Å². The summed E-state index contributed by atoms with van der Waals surface area (Å²) in [4.78, 5) is 19.6. The molecule has 0 fully saturated rings. The van der Waals surface area contributed by atoms with Gasteiger partial charge in [-0.1, -0.05) is 6.07 Å². The van der Waals surface area contributed by atoms with Crippen molar-refractivity contribution in [3.8, 4) is 0 Å². The largest absolute Gasteiger partial charge is 0.297 e. The molecule has 2 aromatic heterocycles. The number of sulfonamides is 1. The molecule has 0 atom stereocenters. The molecule has 2 N–H and O–H groups in total. The van der Waals surface area contributed by atoms with E-state index < -0.39 is 15.9 Å². The third kappa shape index (κ3) is 3.50. The first-order chi connectivity index (χ1) is 12.2. The molecule has 0 bridgehead atoms. The summed E-state index contributed by atoms with van der Waals surface area (Å²) in [5.74, 6) is -0.473. The number of hydrazine groups is 1. The predicted octanol–water partition coefficient (Wildman–Crippen LogP) is 2.18. The van der Waals surface area contributed by atoms with Crippen LogP contribution in [-0.2, 0) is 21.2 Å². The first kappa shape index (κ1) is 18.6. The summed E-state index contributed by atoms with van der Waals surface area (Å²) >= 11 is 1.46. The van der Waals surface area contributed by atoms with Crippen LogP contribution in [0.15, 0.2) is 28.7 Å². The second kappa shape index (κ2) is 6.82. The van der Waals surface area contributed by atoms with E-state index in [0.29, 0.717) is 16.8 Å². The van der Waals surface area contributed by atoms with Gasteiger partial charge in [0.1, 0.15) is 0 Å². The highest BCUT2D eigenvalue weighted by Crippen LogP contribution is 2.25. The van der Waals surface area contributed by atoms with E-state index >= 15 is 0 Å². The molecule has 0 radical (unpaired) electrons. The van der Waals surface area contributed by atoms with Gasteiger partial charge in [0, 0.05) is 17.8 Å². The van der Waals surface area contributed by atoms with E-state index in [4.69, 9.17) is 0 Å². The minimum Gasteiger partial charge on any atom is -0.297 e. The smallest absolute Gasteiger partial charge is 0.257 e. The number of carbonyl (C=O) groups is 1. The molecule has 3 aromatic rings. The molecule has 2 heterocycles. The van der Waals surface area contributed by atoms with E-state index in [-0.39, 0.29) is 11.3 Å². The Balaban J connectivity index is 1.74. The Labute approximate surface area is 156 Å². The van der Waals surface area contributed by atoms with Crippen molar-refractivity contribution in [2.75, 3.05) is 0 Å². The molecule has 0 aliphatic carbocycles. The van der Waals surface area contributed by atoms with Crippen molar-refractivity contribution in [3.05, 3.63) is 51.8 Å². The Bertz CT molecular complexity index is 1040. The van der Waals surface area contributed by atoms with Crippen LogP contribution in [0, 0.1) is 27.7 Å². The highest BCUT2D eigenvalue weighted by molar-refractivity contribution is 7.89. The van der Waals surface area contributed by atoms with Crippen molar-refractivity contribution in [1.82, 2.24) is 19.6 Å². The van der Waals surface area contributed by atoms with Crippen molar-refractivity contribution in [2.45, 2.75) is 39.0 Å². The zero-order valence-electron chi connectivity index (χ0n) is 15.0. The number of imidazole rings is 1. The summed E-state index contributed by atoms with van der Waals surface area (Å²) in [6, 6.07) is 1.95. The van der Waals surface area contributed by atoms with E-state index in [9.17, 15) is 13.2 Å². The monoisotopic (exact) mass is 392 g/mol. The van der Waals surface area contributed by atoms with Crippen molar-refractivity contribution < 1.29 is 13.2 Å². The number of thiazole rings is 1. The molecule has 0 saturated heterocycles. The molecule has 1 amide bonds.